The molecule has 0 atom stereocenters. The molecule has 7 heteroatoms. The molecule has 19 heavy (non-hydrogen) atoms. The van der Waals surface area contributed by atoms with Crippen molar-refractivity contribution < 1.29 is 19.2 Å². The van der Waals surface area contributed by atoms with Crippen LogP contribution in [0.4, 0.5) is 5.82 Å². The van der Waals surface area contributed by atoms with E-state index in [0.717, 1.165) is 0 Å². The highest BCUT2D eigenvalue weighted by atomic mass is 16.5. The molecule has 106 valence electrons. The summed E-state index contributed by atoms with van der Waals surface area (Å²) >= 11 is 0. The molecule has 7 nitrogen and oxygen atoms in total. The minimum absolute atomic E-state index is 0.0813. The number of carbonyl (C=O) groups is 2. The summed E-state index contributed by atoms with van der Waals surface area (Å²) < 4.78 is 4.84. The maximum atomic E-state index is 11.6. The third kappa shape index (κ3) is 6.01. The number of aryl methyl sites for hydroxylation is 1. The molecule has 1 amide bonds. The molecule has 0 radical (unpaired) electrons. The van der Waals surface area contributed by atoms with Gasteiger partial charge in [0.2, 0.25) is 5.91 Å². The summed E-state index contributed by atoms with van der Waals surface area (Å²) in [5.41, 5.74) is 0. The molecule has 1 heterocycles. The van der Waals surface area contributed by atoms with Gasteiger partial charge < -0.3 is 19.8 Å². The van der Waals surface area contributed by atoms with Crippen molar-refractivity contribution in [3.63, 3.8) is 0 Å². The standard InChI is InChI=1S/C12H19N3O4/c1-3-15(7-5-12(17)18)6-4-11(16)13-10-8-9(2)19-14-10/h8H,3-7H2,1-2H3,(H,17,18)(H,13,14,16). The molecule has 0 fully saturated rings. The van der Waals surface area contributed by atoms with Crippen LogP contribution in [0.1, 0.15) is 25.5 Å². The molecule has 1 aromatic heterocycles. The maximum absolute atomic E-state index is 11.6. The Balaban J connectivity index is 2.29. The molecule has 1 aromatic rings. The predicted molar refractivity (Wildman–Crippen MR) is 68.9 cm³/mol. The predicted octanol–water partition coefficient (Wildman–Crippen LogP) is 1.11. The second-order valence-electron chi connectivity index (χ2n) is 4.20. The summed E-state index contributed by atoms with van der Waals surface area (Å²) in [6.07, 6.45) is 0.372. The van der Waals surface area contributed by atoms with Crippen molar-refractivity contribution in [1.29, 1.82) is 0 Å². The first-order valence-corrected chi connectivity index (χ1v) is 6.18. The van der Waals surface area contributed by atoms with Gasteiger partial charge in [-0.05, 0) is 13.5 Å². The summed E-state index contributed by atoms with van der Waals surface area (Å²) in [7, 11) is 0. The second kappa shape index (κ2) is 7.52. The Morgan fingerprint density at radius 1 is 1.42 bits per heavy atom. The number of nitrogens with zero attached hydrogens (tertiary/aromatic N) is 2. The van der Waals surface area contributed by atoms with Crippen molar-refractivity contribution >= 4 is 17.7 Å². The number of anilines is 1. The van der Waals surface area contributed by atoms with E-state index in [-0.39, 0.29) is 12.3 Å². The van der Waals surface area contributed by atoms with E-state index in [9.17, 15) is 9.59 Å². The smallest absolute Gasteiger partial charge is 0.304 e. The van der Waals surface area contributed by atoms with Gasteiger partial charge in [-0.2, -0.15) is 0 Å². The van der Waals surface area contributed by atoms with E-state index in [1.807, 2.05) is 11.8 Å². The first-order valence-electron chi connectivity index (χ1n) is 6.18. The minimum atomic E-state index is -0.832. The minimum Gasteiger partial charge on any atom is -0.481 e. The third-order valence-corrected chi connectivity index (χ3v) is 2.64. The van der Waals surface area contributed by atoms with Gasteiger partial charge in [-0.1, -0.05) is 12.1 Å². The Kier molecular flexibility index (Phi) is 6.01. The van der Waals surface area contributed by atoms with Gasteiger partial charge in [-0.25, -0.2) is 0 Å². The molecule has 0 aromatic carbocycles. The molecule has 0 bridgehead atoms. The van der Waals surface area contributed by atoms with Crippen molar-refractivity contribution in [1.82, 2.24) is 10.1 Å². The number of nitrogens with one attached hydrogen (secondary N) is 1. The molecule has 0 aliphatic rings. The topological polar surface area (TPSA) is 95.7 Å². The molecule has 0 spiro atoms. The van der Waals surface area contributed by atoms with Crippen LogP contribution in [0.3, 0.4) is 0 Å². The number of carboxylic acid groups (broad SMARTS) is 1. The monoisotopic (exact) mass is 269 g/mol. The Morgan fingerprint density at radius 2 is 2.11 bits per heavy atom. The molecular weight excluding hydrogens is 250 g/mol. The fourth-order valence-corrected chi connectivity index (χ4v) is 1.57. The molecule has 0 saturated carbocycles. The Hall–Kier alpha value is -1.89. The number of hydrogen-bond acceptors (Lipinski definition) is 5. The summed E-state index contributed by atoms with van der Waals surface area (Å²) in [6, 6.07) is 1.64. The van der Waals surface area contributed by atoms with E-state index in [1.165, 1.54) is 0 Å². The highest BCUT2D eigenvalue weighted by Crippen LogP contribution is 2.07. The first-order chi connectivity index (χ1) is 9.01. The first kappa shape index (κ1) is 15.2. The van der Waals surface area contributed by atoms with Crippen LogP contribution in [0, 0.1) is 6.92 Å². The van der Waals surface area contributed by atoms with E-state index >= 15 is 0 Å². The van der Waals surface area contributed by atoms with Crippen LogP contribution < -0.4 is 5.32 Å². The maximum Gasteiger partial charge on any atom is 0.304 e. The molecule has 0 aliphatic carbocycles. The van der Waals surface area contributed by atoms with Crippen molar-refractivity contribution in [2.24, 2.45) is 0 Å². The van der Waals surface area contributed by atoms with Gasteiger partial charge in [0.05, 0.1) is 6.42 Å². The van der Waals surface area contributed by atoms with Gasteiger partial charge in [0.25, 0.3) is 0 Å². The number of aromatic nitrogens is 1. The van der Waals surface area contributed by atoms with Crippen molar-refractivity contribution in [2.75, 3.05) is 25.0 Å². The fraction of sp³-hybridized carbons (Fsp3) is 0.583. The Morgan fingerprint density at radius 3 is 2.63 bits per heavy atom. The largest absolute Gasteiger partial charge is 0.481 e. The average molecular weight is 269 g/mol. The lowest BCUT2D eigenvalue weighted by Gasteiger charge is -2.18. The number of rotatable bonds is 8. The highest BCUT2D eigenvalue weighted by molar-refractivity contribution is 5.89. The van der Waals surface area contributed by atoms with Gasteiger partial charge in [0.15, 0.2) is 5.82 Å². The number of hydrogen-bond donors (Lipinski definition) is 2. The van der Waals surface area contributed by atoms with Gasteiger partial charge in [-0.3, -0.25) is 9.59 Å². The zero-order chi connectivity index (χ0) is 14.3. The average Bonchev–Trinajstić information content (AvgIpc) is 2.74. The lowest BCUT2D eigenvalue weighted by Crippen LogP contribution is -2.29. The van der Waals surface area contributed by atoms with E-state index in [4.69, 9.17) is 9.63 Å². The van der Waals surface area contributed by atoms with Crippen molar-refractivity contribution in [3.8, 4) is 0 Å². The highest BCUT2D eigenvalue weighted by Gasteiger charge is 2.10. The normalized spacial score (nSPS) is 10.7. The van der Waals surface area contributed by atoms with E-state index in [2.05, 4.69) is 10.5 Å². The van der Waals surface area contributed by atoms with Gasteiger partial charge >= 0.3 is 5.97 Å². The summed E-state index contributed by atoms with van der Waals surface area (Å²) in [6.45, 7) is 5.35. The SMILES string of the molecule is CCN(CCC(=O)O)CCC(=O)Nc1cc(C)on1. The van der Waals surface area contributed by atoms with Crippen LogP contribution in [-0.4, -0.2) is 46.7 Å². The van der Waals surface area contributed by atoms with Crippen molar-refractivity contribution in [3.05, 3.63) is 11.8 Å². The molecule has 1 rings (SSSR count). The van der Waals surface area contributed by atoms with E-state index < -0.39 is 5.97 Å². The van der Waals surface area contributed by atoms with Crippen LogP contribution in [0.25, 0.3) is 0 Å². The van der Waals surface area contributed by atoms with Gasteiger partial charge in [0, 0.05) is 25.6 Å². The zero-order valence-corrected chi connectivity index (χ0v) is 11.2. The molecular formula is C12H19N3O4. The molecule has 2 N–H and O–H groups in total. The van der Waals surface area contributed by atoms with Crippen LogP contribution >= 0.6 is 0 Å². The molecule has 0 unspecified atom stereocenters. The molecule has 0 saturated heterocycles. The van der Waals surface area contributed by atoms with Crippen molar-refractivity contribution in [2.45, 2.75) is 26.7 Å². The van der Waals surface area contributed by atoms with Crippen LogP contribution in [0.2, 0.25) is 0 Å². The number of carboxylic acids is 1. The lowest BCUT2D eigenvalue weighted by atomic mass is 10.3. The summed E-state index contributed by atoms with van der Waals surface area (Å²) in [5, 5.41) is 14.9. The third-order valence-electron chi connectivity index (χ3n) is 2.64. The fourth-order valence-electron chi connectivity index (χ4n) is 1.57. The number of amides is 1. The molecule has 0 aliphatic heterocycles. The lowest BCUT2D eigenvalue weighted by molar-refractivity contribution is -0.137. The van der Waals surface area contributed by atoms with Crippen LogP contribution in [0.15, 0.2) is 10.6 Å². The number of carbonyl (C=O) groups excluding carboxylic acids is 1. The van der Waals surface area contributed by atoms with Crippen LogP contribution in [-0.2, 0) is 9.59 Å². The van der Waals surface area contributed by atoms with Crippen LogP contribution in [0.5, 0.6) is 0 Å². The summed E-state index contributed by atoms with van der Waals surface area (Å²) in [4.78, 5) is 24.0. The van der Waals surface area contributed by atoms with Gasteiger partial charge in [-0.15, -0.1) is 0 Å². The van der Waals surface area contributed by atoms with Gasteiger partial charge in [0.1, 0.15) is 5.76 Å². The summed E-state index contributed by atoms with van der Waals surface area (Å²) in [5.74, 6) is 0.0334. The zero-order valence-electron chi connectivity index (χ0n) is 11.2. The Labute approximate surface area is 111 Å². The Bertz CT molecular complexity index is 430. The number of aliphatic carboxylic acids is 1. The van der Waals surface area contributed by atoms with E-state index in [0.29, 0.717) is 37.6 Å². The quantitative estimate of drug-likeness (QED) is 0.734. The second-order valence-corrected chi connectivity index (χ2v) is 4.20. The van der Waals surface area contributed by atoms with E-state index in [1.54, 1.807) is 13.0 Å².